The zero-order chi connectivity index (χ0) is 21.6. The minimum atomic E-state index is -3.80. The molecule has 162 valence electrons. The zero-order valence-corrected chi connectivity index (χ0v) is 17.9. The number of nitrogens with two attached hydrogens (primary N) is 1. The van der Waals surface area contributed by atoms with Gasteiger partial charge in [-0.3, -0.25) is 14.7 Å². The van der Waals surface area contributed by atoms with Crippen molar-refractivity contribution >= 4 is 21.9 Å². The van der Waals surface area contributed by atoms with Gasteiger partial charge < -0.3 is 25.7 Å². The second kappa shape index (κ2) is 14.2. The molecule has 0 saturated carbocycles. The summed E-state index contributed by atoms with van der Waals surface area (Å²) in [6.45, 7) is 1.42. The van der Waals surface area contributed by atoms with Crippen molar-refractivity contribution in [3.63, 3.8) is 0 Å². The highest BCUT2D eigenvalue weighted by Crippen LogP contribution is 2.15. The highest BCUT2D eigenvalue weighted by Gasteiger charge is 2.04. The predicted octanol–water partition coefficient (Wildman–Crippen LogP) is 0.292. The Morgan fingerprint density at radius 3 is 2.54 bits per heavy atom. The molecule has 5 N–H and O–H groups in total. The van der Waals surface area contributed by atoms with Gasteiger partial charge in [0, 0.05) is 25.9 Å². The van der Waals surface area contributed by atoms with Crippen LogP contribution in [0.3, 0.4) is 0 Å². The number of furan rings is 1. The Balaban J connectivity index is 0.000000887. The first-order chi connectivity index (χ1) is 13.1. The summed E-state index contributed by atoms with van der Waals surface area (Å²) < 4.78 is 33.0. The number of hydrogen-bond donors (Lipinski definition) is 4. The molecular formula is C15H29N5O6S2. The van der Waals surface area contributed by atoms with Gasteiger partial charge in [-0.15, -0.1) is 0 Å². The quantitative estimate of drug-likeness (QED) is 0.153. The molecular weight excluding hydrogens is 410 g/mol. The van der Waals surface area contributed by atoms with Crippen molar-refractivity contribution in [3.05, 3.63) is 45.8 Å². The number of thioether (sulfide) groups is 1. The van der Waals surface area contributed by atoms with Gasteiger partial charge in [-0.05, 0) is 26.2 Å². The van der Waals surface area contributed by atoms with Gasteiger partial charge in [-0.25, -0.2) is 0 Å². The molecule has 1 heterocycles. The van der Waals surface area contributed by atoms with Crippen molar-refractivity contribution in [2.75, 3.05) is 45.7 Å². The molecule has 0 aromatic carbocycles. The summed E-state index contributed by atoms with van der Waals surface area (Å²) in [4.78, 5) is 11.9. The van der Waals surface area contributed by atoms with Gasteiger partial charge in [0.1, 0.15) is 11.5 Å². The molecule has 1 aromatic heterocycles. The van der Waals surface area contributed by atoms with Crippen LogP contribution in [-0.4, -0.2) is 68.5 Å². The van der Waals surface area contributed by atoms with Crippen LogP contribution in [0, 0.1) is 10.1 Å². The third-order valence-electron chi connectivity index (χ3n) is 2.88. The normalized spacial score (nSPS) is 11.7. The van der Waals surface area contributed by atoms with Gasteiger partial charge in [0.2, 0.25) is 0 Å². The second-order valence-corrected chi connectivity index (χ2v) is 8.42. The van der Waals surface area contributed by atoms with Crippen molar-refractivity contribution in [2.24, 2.45) is 5.73 Å². The van der Waals surface area contributed by atoms with Gasteiger partial charge in [0.25, 0.3) is 16.3 Å². The highest BCUT2D eigenvalue weighted by atomic mass is 32.2. The largest absolute Gasteiger partial charge is 0.464 e. The summed E-state index contributed by atoms with van der Waals surface area (Å²) in [5.41, 5.74) is 4.78. The molecule has 1 aromatic rings. The van der Waals surface area contributed by atoms with Crippen LogP contribution in [0.4, 0.5) is 0 Å². The minimum absolute atomic E-state index is 0.0289. The Morgan fingerprint density at radius 2 is 2.07 bits per heavy atom. The predicted molar refractivity (Wildman–Crippen MR) is 110 cm³/mol. The molecule has 11 nitrogen and oxygen atoms in total. The Morgan fingerprint density at radius 1 is 1.43 bits per heavy atom. The fraction of sp³-hybridized carbons (Fsp3) is 0.600. The lowest BCUT2D eigenvalue weighted by Crippen LogP contribution is -2.26. The molecule has 0 aliphatic heterocycles. The molecule has 0 bridgehead atoms. The van der Waals surface area contributed by atoms with Crippen LogP contribution in [0.2, 0.25) is 0 Å². The lowest BCUT2D eigenvalue weighted by Gasteiger charge is -2.07. The fourth-order valence-electron chi connectivity index (χ4n) is 1.78. The first-order valence-electron chi connectivity index (χ1n) is 8.29. The molecule has 0 saturated heterocycles. The number of rotatable bonds is 12. The van der Waals surface area contributed by atoms with Crippen molar-refractivity contribution in [1.29, 1.82) is 0 Å². The highest BCUT2D eigenvalue weighted by molar-refractivity contribution is 7.98. The summed E-state index contributed by atoms with van der Waals surface area (Å²) in [5, 5.41) is 16.1. The average Bonchev–Trinajstić information content (AvgIpc) is 2.99. The summed E-state index contributed by atoms with van der Waals surface area (Å²) in [7, 11) is 1.85. The maximum absolute atomic E-state index is 10.3. The standard InChI is InChI=1S/C13H22N4O3S.C2H7NO3S/c1-14-13(9-17(18)19)15-6-7-21-10-12-5-4-11(20-12)8-16(2)3;3-1-2-7(4,5)6/h4-5,9,14-15H,6-8,10H2,1-3H3;1-3H2,(H,4,5,6)/b13-9-;. The molecule has 0 atom stereocenters. The van der Waals surface area contributed by atoms with E-state index in [1.165, 1.54) is 0 Å². The van der Waals surface area contributed by atoms with E-state index in [2.05, 4.69) is 15.5 Å². The Bertz CT molecular complexity index is 706. The summed E-state index contributed by atoms with van der Waals surface area (Å²) >= 11 is 1.72. The molecule has 0 amide bonds. The number of nitrogens with zero attached hydrogens (tertiary/aromatic N) is 2. The monoisotopic (exact) mass is 439 g/mol. The maximum atomic E-state index is 10.3. The van der Waals surface area contributed by atoms with E-state index < -0.39 is 15.0 Å². The smallest absolute Gasteiger partial charge is 0.274 e. The van der Waals surface area contributed by atoms with E-state index in [4.69, 9.17) is 14.7 Å². The van der Waals surface area contributed by atoms with Crippen LogP contribution in [0.25, 0.3) is 0 Å². The number of hydrogen-bond acceptors (Lipinski definition) is 10. The summed E-state index contributed by atoms with van der Waals surface area (Å²) in [6, 6.07) is 3.98. The third kappa shape index (κ3) is 15.3. The maximum Gasteiger partial charge on any atom is 0.274 e. The fourth-order valence-corrected chi connectivity index (χ4v) is 2.83. The number of nitrogens with one attached hydrogen (secondary N) is 2. The van der Waals surface area contributed by atoms with Crippen LogP contribution >= 0.6 is 11.8 Å². The molecule has 0 aliphatic rings. The molecule has 28 heavy (non-hydrogen) atoms. The van der Waals surface area contributed by atoms with E-state index in [0.717, 1.165) is 35.8 Å². The average molecular weight is 440 g/mol. The topological polar surface area (TPSA) is 164 Å². The molecule has 0 aliphatic carbocycles. The SMILES string of the molecule is CN/C(=C/[N+](=O)[O-])NCCSCc1ccc(CN(C)C)o1.NCCS(=O)(=O)O. The zero-order valence-electron chi connectivity index (χ0n) is 16.3. The molecule has 0 unspecified atom stereocenters. The molecule has 1 rings (SSSR count). The first kappa shape index (κ1) is 26.2. The van der Waals surface area contributed by atoms with E-state index in [1.807, 2.05) is 26.2 Å². The number of nitro groups is 1. The van der Waals surface area contributed by atoms with Gasteiger partial charge in [0.05, 0.1) is 23.0 Å². The van der Waals surface area contributed by atoms with Crippen LogP contribution in [-0.2, 0) is 22.4 Å². The van der Waals surface area contributed by atoms with E-state index in [-0.39, 0.29) is 12.3 Å². The Hall–Kier alpha value is -1.80. The molecule has 0 spiro atoms. The van der Waals surface area contributed by atoms with E-state index in [0.29, 0.717) is 12.4 Å². The first-order valence-corrected chi connectivity index (χ1v) is 11.1. The Kier molecular flexibility index (Phi) is 13.3. The lowest BCUT2D eigenvalue weighted by molar-refractivity contribution is -0.404. The van der Waals surface area contributed by atoms with Crippen LogP contribution in [0.1, 0.15) is 11.5 Å². The molecule has 0 radical (unpaired) electrons. The van der Waals surface area contributed by atoms with Gasteiger partial charge >= 0.3 is 0 Å². The van der Waals surface area contributed by atoms with E-state index in [9.17, 15) is 18.5 Å². The van der Waals surface area contributed by atoms with Crippen LogP contribution in [0.15, 0.2) is 28.6 Å². The van der Waals surface area contributed by atoms with E-state index >= 15 is 0 Å². The van der Waals surface area contributed by atoms with Crippen LogP contribution < -0.4 is 16.4 Å². The Labute approximate surface area is 169 Å². The third-order valence-corrected chi connectivity index (χ3v) is 4.61. The minimum Gasteiger partial charge on any atom is -0.464 e. The van der Waals surface area contributed by atoms with Crippen molar-refractivity contribution < 1.29 is 22.3 Å². The van der Waals surface area contributed by atoms with Gasteiger partial charge in [0.15, 0.2) is 5.82 Å². The lowest BCUT2D eigenvalue weighted by atomic mass is 10.4. The van der Waals surface area contributed by atoms with Crippen LogP contribution in [0.5, 0.6) is 0 Å². The second-order valence-electron chi connectivity index (χ2n) is 5.74. The van der Waals surface area contributed by atoms with Gasteiger partial charge in [-0.1, -0.05) is 0 Å². The van der Waals surface area contributed by atoms with Crippen molar-refractivity contribution in [1.82, 2.24) is 15.5 Å². The molecule has 0 fully saturated rings. The van der Waals surface area contributed by atoms with Gasteiger partial charge in [-0.2, -0.15) is 20.2 Å². The summed E-state index contributed by atoms with van der Waals surface area (Å²) in [5.74, 6) is 3.59. The molecule has 13 heteroatoms. The van der Waals surface area contributed by atoms with Crippen molar-refractivity contribution in [3.8, 4) is 0 Å². The summed E-state index contributed by atoms with van der Waals surface area (Å²) in [6.07, 6.45) is 0.921. The van der Waals surface area contributed by atoms with Crippen molar-refractivity contribution in [2.45, 2.75) is 12.3 Å². The van der Waals surface area contributed by atoms with E-state index in [1.54, 1.807) is 18.8 Å².